The molecule has 0 saturated carbocycles. The van der Waals surface area contributed by atoms with Gasteiger partial charge in [0.1, 0.15) is 10.9 Å². The largest absolute Gasteiger partial charge is 0.490 e. The van der Waals surface area contributed by atoms with Crippen molar-refractivity contribution in [1.29, 1.82) is 0 Å². The van der Waals surface area contributed by atoms with Gasteiger partial charge in [-0.05, 0) is 97.7 Å². The van der Waals surface area contributed by atoms with Crippen LogP contribution in [-0.4, -0.2) is 41.6 Å². The second-order valence-corrected chi connectivity index (χ2v) is 14.4. The molecule has 3 aromatic carbocycles. The first kappa shape index (κ1) is 33.5. The van der Waals surface area contributed by atoms with Crippen molar-refractivity contribution < 1.29 is 30.6 Å². The summed E-state index contributed by atoms with van der Waals surface area (Å²) in [5, 5.41) is 4.01. The smallest absolute Gasteiger partial charge is 0.339 e. The minimum absolute atomic E-state index is 0.00801. The Kier molecular flexibility index (Phi) is 11.5. The second-order valence-electron chi connectivity index (χ2n) is 9.96. The van der Waals surface area contributed by atoms with E-state index in [0.29, 0.717) is 9.13 Å². The topological polar surface area (TPSA) is 140 Å². The minimum Gasteiger partial charge on any atom is -0.490 e. The number of sulfonamides is 1. The summed E-state index contributed by atoms with van der Waals surface area (Å²) in [5.41, 5.74) is 4.71. The summed E-state index contributed by atoms with van der Waals surface area (Å²) in [6.45, 7) is 9.45. The Bertz CT molecular complexity index is 1640. The third-order valence-electron chi connectivity index (χ3n) is 5.88. The van der Waals surface area contributed by atoms with Crippen LogP contribution in [0, 0.1) is 23.3 Å². The molecule has 0 saturated heterocycles. The number of hydrogen-bond donors (Lipinski definition) is 2. The van der Waals surface area contributed by atoms with Crippen molar-refractivity contribution in [2.45, 2.75) is 56.9 Å². The van der Waals surface area contributed by atoms with Gasteiger partial charge >= 0.3 is 10.1 Å². The van der Waals surface area contributed by atoms with Gasteiger partial charge in [0.05, 0.1) is 21.3 Å². The normalized spacial score (nSPS) is 12.8. The van der Waals surface area contributed by atoms with Crippen LogP contribution in [0.4, 0.5) is 0 Å². The number of ether oxygens (including phenoxy) is 1. The van der Waals surface area contributed by atoms with Gasteiger partial charge < -0.3 is 8.92 Å². The average Bonchev–Trinajstić information content (AvgIpc) is 2.90. The summed E-state index contributed by atoms with van der Waals surface area (Å²) < 4.78 is 65.6. The molecular weight excluding hydrogens is 693 g/mol. The number of nitrogens with one attached hydrogen (secondary N) is 2. The van der Waals surface area contributed by atoms with E-state index in [2.05, 4.69) is 15.2 Å². The lowest BCUT2D eigenvalue weighted by atomic mass is 10.0. The van der Waals surface area contributed by atoms with Gasteiger partial charge in [0.15, 0.2) is 11.5 Å². The minimum atomic E-state index is -4.12. The summed E-state index contributed by atoms with van der Waals surface area (Å²) in [6.07, 6.45) is 1.60. The third kappa shape index (κ3) is 9.24. The highest BCUT2D eigenvalue weighted by Gasteiger charge is 2.27. The SMILES string of the molecule is CCOc1cc(/C=N\NC(=O)[C@@H](CC(C)C)NS(=O)(=O)c2ccc(C)cc2)cc(I)c1OS(=O)(=O)c1ccc(C)cc1. The van der Waals surface area contributed by atoms with Gasteiger partial charge in [-0.1, -0.05) is 49.2 Å². The third-order valence-corrected chi connectivity index (χ3v) is 9.40. The standard InChI is InChI=1S/C29H34IN3O7S2/c1-6-39-27-17-22(16-25(30)28(27)40-42(37,38)24-13-9-21(5)10-14-24)18-31-32-29(34)26(15-19(2)3)33-41(35,36)23-11-7-20(4)8-12-23/h7-14,16-19,26,33H,6,15H2,1-5H3,(H,32,34)/b31-18-/t26-/m1/s1. The Morgan fingerprint density at radius 3 is 2.07 bits per heavy atom. The maximum atomic E-state index is 13.0. The maximum absolute atomic E-state index is 13.0. The molecule has 0 heterocycles. The summed E-state index contributed by atoms with van der Waals surface area (Å²) >= 11 is 1.93. The zero-order chi connectivity index (χ0) is 31.1. The summed E-state index contributed by atoms with van der Waals surface area (Å²) in [6, 6.07) is 14.7. The van der Waals surface area contributed by atoms with Crippen molar-refractivity contribution in [3.05, 3.63) is 80.9 Å². The molecule has 0 unspecified atom stereocenters. The predicted octanol–water partition coefficient (Wildman–Crippen LogP) is 4.92. The molecule has 2 N–H and O–H groups in total. The van der Waals surface area contributed by atoms with E-state index in [9.17, 15) is 21.6 Å². The van der Waals surface area contributed by atoms with Gasteiger partial charge in [-0.2, -0.15) is 18.2 Å². The molecule has 226 valence electrons. The molecule has 3 aromatic rings. The Hall–Kier alpha value is -3.01. The van der Waals surface area contributed by atoms with E-state index in [-0.39, 0.29) is 40.2 Å². The van der Waals surface area contributed by atoms with Crippen LogP contribution < -0.4 is 19.1 Å². The first-order chi connectivity index (χ1) is 19.7. The first-order valence-corrected chi connectivity index (χ1v) is 17.1. The molecule has 0 spiro atoms. The predicted molar refractivity (Wildman–Crippen MR) is 170 cm³/mol. The number of hydrazone groups is 1. The van der Waals surface area contributed by atoms with E-state index in [4.69, 9.17) is 8.92 Å². The van der Waals surface area contributed by atoms with Crippen LogP contribution in [0.5, 0.6) is 11.5 Å². The molecule has 0 aliphatic carbocycles. The van der Waals surface area contributed by atoms with Gasteiger partial charge in [0.2, 0.25) is 10.0 Å². The summed E-state index contributed by atoms with van der Waals surface area (Å²) in [5.74, 6) is -0.401. The van der Waals surface area contributed by atoms with Crippen LogP contribution in [0.15, 0.2) is 75.6 Å². The van der Waals surface area contributed by atoms with Gasteiger partial charge in [-0.15, -0.1) is 0 Å². The van der Waals surface area contributed by atoms with Gasteiger partial charge in [0, 0.05) is 0 Å². The zero-order valence-electron chi connectivity index (χ0n) is 23.9. The average molecular weight is 728 g/mol. The number of hydrogen-bond acceptors (Lipinski definition) is 8. The fourth-order valence-corrected chi connectivity index (χ4v) is 6.82. The zero-order valence-corrected chi connectivity index (χ0v) is 27.7. The lowest BCUT2D eigenvalue weighted by Gasteiger charge is -2.19. The summed E-state index contributed by atoms with van der Waals surface area (Å²) in [4.78, 5) is 13.0. The highest BCUT2D eigenvalue weighted by atomic mass is 127. The quantitative estimate of drug-likeness (QED) is 0.110. The van der Waals surface area contributed by atoms with E-state index in [1.165, 1.54) is 36.5 Å². The molecule has 10 nitrogen and oxygen atoms in total. The van der Waals surface area contributed by atoms with Crippen molar-refractivity contribution in [2.24, 2.45) is 11.0 Å². The fourth-order valence-electron chi connectivity index (χ4n) is 3.77. The number of nitrogens with zero attached hydrogens (tertiary/aromatic N) is 1. The van der Waals surface area contributed by atoms with Gasteiger partial charge in [-0.3, -0.25) is 4.79 Å². The lowest BCUT2D eigenvalue weighted by Crippen LogP contribution is -2.46. The van der Waals surface area contributed by atoms with Crippen LogP contribution in [-0.2, 0) is 24.9 Å². The number of halogens is 1. The number of benzene rings is 3. The Morgan fingerprint density at radius 1 is 0.952 bits per heavy atom. The molecular formula is C29H34IN3O7S2. The van der Waals surface area contributed by atoms with E-state index in [0.717, 1.165) is 11.1 Å². The molecule has 0 aromatic heterocycles. The molecule has 1 amide bonds. The molecule has 0 aliphatic rings. The van der Waals surface area contributed by atoms with Crippen LogP contribution >= 0.6 is 22.6 Å². The van der Waals surface area contributed by atoms with Crippen molar-refractivity contribution in [3.63, 3.8) is 0 Å². The Labute approximate surface area is 261 Å². The second kappa shape index (κ2) is 14.4. The molecule has 3 rings (SSSR count). The van der Waals surface area contributed by atoms with Crippen molar-refractivity contribution in [1.82, 2.24) is 10.1 Å². The Morgan fingerprint density at radius 2 is 1.52 bits per heavy atom. The molecule has 42 heavy (non-hydrogen) atoms. The van der Waals surface area contributed by atoms with Crippen molar-refractivity contribution in [2.75, 3.05) is 6.61 Å². The summed E-state index contributed by atoms with van der Waals surface area (Å²) in [7, 11) is -8.07. The van der Waals surface area contributed by atoms with E-state index >= 15 is 0 Å². The number of carbonyl (C=O) groups is 1. The van der Waals surface area contributed by atoms with E-state index < -0.39 is 32.1 Å². The molecule has 0 bridgehead atoms. The fraction of sp³-hybridized carbons (Fsp3) is 0.310. The molecule has 1 atom stereocenters. The highest BCUT2D eigenvalue weighted by molar-refractivity contribution is 14.1. The van der Waals surface area contributed by atoms with Crippen LogP contribution in [0.2, 0.25) is 0 Å². The van der Waals surface area contributed by atoms with E-state index in [1.807, 2.05) is 50.3 Å². The van der Waals surface area contributed by atoms with Crippen LogP contribution in [0.1, 0.15) is 43.9 Å². The highest BCUT2D eigenvalue weighted by Crippen LogP contribution is 2.36. The molecule has 13 heteroatoms. The Balaban J connectivity index is 1.79. The monoisotopic (exact) mass is 727 g/mol. The lowest BCUT2D eigenvalue weighted by molar-refractivity contribution is -0.123. The van der Waals surface area contributed by atoms with Crippen molar-refractivity contribution >= 4 is 54.9 Å². The number of aryl methyl sites for hydroxylation is 2. The maximum Gasteiger partial charge on any atom is 0.339 e. The first-order valence-electron chi connectivity index (χ1n) is 13.1. The van der Waals surface area contributed by atoms with Crippen LogP contribution in [0.25, 0.3) is 0 Å². The number of rotatable bonds is 13. The van der Waals surface area contributed by atoms with Gasteiger partial charge in [-0.25, -0.2) is 13.8 Å². The van der Waals surface area contributed by atoms with E-state index in [1.54, 1.807) is 37.3 Å². The van der Waals surface area contributed by atoms with Gasteiger partial charge in [0.25, 0.3) is 5.91 Å². The molecule has 0 aliphatic heterocycles. The molecule has 0 radical (unpaired) electrons. The van der Waals surface area contributed by atoms with Crippen molar-refractivity contribution in [3.8, 4) is 11.5 Å². The number of amides is 1. The van der Waals surface area contributed by atoms with Crippen LogP contribution in [0.3, 0.4) is 0 Å². The molecule has 0 fully saturated rings. The number of carbonyl (C=O) groups excluding carboxylic acids is 1.